The molecule has 10 saturated heterocycles. The van der Waals surface area contributed by atoms with Crippen LogP contribution >= 0.6 is 23.2 Å². The van der Waals surface area contributed by atoms with Crippen LogP contribution in [0.5, 0.6) is 11.5 Å². The summed E-state index contributed by atoms with van der Waals surface area (Å²) in [7, 11) is 5.24. The molecule has 0 amide bonds. The van der Waals surface area contributed by atoms with E-state index in [0.717, 1.165) is 0 Å². The van der Waals surface area contributed by atoms with Crippen molar-refractivity contribution in [3.63, 3.8) is 0 Å². The van der Waals surface area contributed by atoms with Crippen molar-refractivity contribution in [3.05, 3.63) is 21.2 Å². The number of aromatic hydroxyl groups is 1. The first kappa shape index (κ1) is 74.2. The maximum atomic E-state index is 13.6. The molecule has 96 heavy (non-hydrogen) atoms. The maximum absolute atomic E-state index is 13.6. The summed E-state index contributed by atoms with van der Waals surface area (Å²) in [4.78, 5) is 39.8. The number of phenolic OH excluding ortho intramolecular Hbond substituents is 1. The molecule has 10 fully saturated rings. The number of Topliss-reactive ketones (excluding diaryl/α,β-unsaturated/α-hetero) is 1. The number of rotatable bonds is 18. The van der Waals surface area contributed by atoms with Crippen LogP contribution in [0.3, 0.4) is 0 Å². The van der Waals surface area contributed by atoms with Crippen molar-refractivity contribution < 1.29 is 159 Å². The second kappa shape index (κ2) is 28.7. The molecule has 1 aromatic rings. The largest absolute Gasteiger partial charge is 0.505 e. The van der Waals surface area contributed by atoms with Crippen LogP contribution in [0.25, 0.3) is 0 Å². The summed E-state index contributed by atoms with van der Waals surface area (Å²) in [5.74, 6) is -7.69. The highest BCUT2D eigenvalue weighted by Gasteiger charge is 2.73. The lowest BCUT2D eigenvalue weighted by Crippen LogP contribution is -2.72. The van der Waals surface area contributed by atoms with Gasteiger partial charge in [0, 0.05) is 27.8 Å². The number of carbonyl (C=O) groups is 3. The Kier molecular flexibility index (Phi) is 22.1. The number of benzene rings is 1. The second-order valence-corrected chi connectivity index (χ2v) is 27.0. The number of aliphatic hydroxyl groups is 6. The zero-order chi connectivity index (χ0) is 69.7. The summed E-state index contributed by atoms with van der Waals surface area (Å²) in [6.07, 6.45) is -36.9. The van der Waals surface area contributed by atoms with E-state index in [4.69, 9.17) is 132 Å². The number of hydrogen-bond donors (Lipinski definition) is 7. The van der Waals surface area contributed by atoms with E-state index < -0.39 is 224 Å². The number of aliphatic hydroxyl groups excluding tert-OH is 5. The number of carbonyl (C=O) groups excluding carboxylic acids is 3. The van der Waals surface area contributed by atoms with Gasteiger partial charge in [-0.05, 0) is 61.0 Å². The van der Waals surface area contributed by atoms with E-state index in [1.807, 2.05) is 0 Å². The molecule has 11 rings (SSSR count). The third-order valence-electron chi connectivity index (χ3n) is 19.6. The molecule has 10 heterocycles. The zero-order valence-electron chi connectivity index (χ0n) is 55.3. The van der Waals surface area contributed by atoms with Gasteiger partial charge in [-0.3, -0.25) is 9.59 Å². The number of phenols is 1. The molecule has 0 aromatic heterocycles. The first-order valence-electron chi connectivity index (χ1n) is 31.8. The van der Waals surface area contributed by atoms with Gasteiger partial charge in [0.1, 0.15) is 102 Å². The molecule has 1 aromatic carbocycles. The summed E-state index contributed by atoms with van der Waals surface area (Å²) in [6, 6.07) is 0. The summed E-state index contributed by atoms with van der Waals surface area (Å²) in [5.41, 5.74) is -3.87. The number of halogens is 2. The monoisotopic (exact) mass is 1420 g/mol. The predicted molar refractivity (Wildman–Crippen MR) is 314 cm³/mol. The van der Waals surface area contributed by atoms with E-state index >= 15 is 0 Å². The molecule has 33 nitrogen and oxygen atoms in total. The first-order chi connectivity index (χ1) is 45.3. The van der Waals surface area contributed by atoms with E-state index in [1.54, 1.807) is 48.5 Å². The van der Waals surface area contributed by atoms with Crippen molar-refractivity contribution in [3.8, 4) is 11.5 Å². The lowest BCUT2D eigenvalue weighted by Gasteiger charge is -2.50. The van der Waals surface area contributed by atoms with E-state index in [2.05, 4.69) is 0 Å². The van der Waals surface area contributed by atoms with Gasteiger partial charge in [-0.15, -0.1) is 0 Å². The highest BCUT2D eigenvalue weighted by atomic mass is 35.5. The lowest BCUT2D eigenvalue weighted by molar-refractivity contribution is -0.428. The third-order valence-corrected chi connectivity index (χ3v) is 20.4. The van der Waals surface area contributed by atoms with Crippen LogP contribution in [0.1, 0.15) is 91.1 Å². The standard InChI is InChI=1S/C61H88Cl2O33/c1-20(2)52(71)87-47-43-31(93-61(94-43)51-50(79-19-80-51)60(73,26(8)64)27(9)92-61)18-78-55(47)90-56-46(77-14)37(68)42(30(84-56)17-74-11)88-54-38(69)45(41(75-12)23(5)82-54)89-57-48(70)58(10)49(25(7)83-57)95-59(96-58)16-29(66)40(24(6)91-59)85-32-15-28(65)39(22(4)81-32)86-53(72)33-21(3)34(62)36(67)35(63)44(33)76-13/h20,22-25,27-32,37-43,45-51,54-57,65-70,73H,15-19H2,1-14H3/t22-,23-,24-,25-,27-,28-,29-,30-,31+,32+,37+,38-,39-,40-,41+,42-,43-,45-,46+,47-,48-,49-,50-,51-,54+,55+,56+,57+,58-,59?,60+,61-/m1/s1. The predicted octanol–water partition coefficient (Wildman–Crippen LogP) is 0.0228. The molecular formula is C61H88Cl2O33. The topological polar surface area (TPSA) is 405 Å². The van der Waals surface area contributed by atoms with Crippen LogP contribution in [-0.4, -0.2) is 297 Å². The van der Waals surface area contributed by atoms with Gasteiger partial charge in [0.2, 0.25) is 6.29 Å². The molecule has 0 bridgehead atoms. The molecule has 35 heteroatoms. The average molecular weight is 1420 g/mol. The third kappa shape index (κ3) is 13.1. The van der Waals surface area contributed by atoms with Gasteiger partial charge < -0.3 is 145 Å². The number of ether oxygens (including phenoxy) is 23. The molecule has 32 atom stereocenters. The van der Waals surface area contributed by atoms with Crippen molar-refractivity contribution in [1.82, 2.24) is 0 Å². The van der Waals surface area contributed by atoms with Crippen LogP contribution in [0.15, 0.2) is 0 Å². The van der Waals surface area contributed by atoms with Crippen molar-refractivity contribution in [2.24, 2.45) is 5.92 Å². The molecule has 0 saturated carbocycles. The van der Waals surface area contributed by atoms with Gasteiger partial charge >= 0.3 is 17.9 Å². The van der Waals surface area contributed by atoms with E-state index in [-0.39, 0.29) is 59.8 Å². The fourth-order valence-electron chi connectivity index (χ4n) is 14.5. The Bertz CT molecular complexity index is 2930. The molecule has 10 aliphatic rings. The Labute approximate surface area is 562 Å². The van der Waals surface area contributed by atoms with Gasteiger partial charge in [0.15, 0.2) is 66.4 Å². The number of fused-ring (bicyclic) bond motifs is 4. The van der Waals surface area contributed by atoms with E-state index in [0.29, 0.717) is 0 Å². The summed E-state index contributed by atoms with van der Waals surface area (Å²) in [6.45, 7) is 14.4. The van der Waals surface area contributed by atoms with Gasteiger partial charge in [-0.2, -0.15) is 0 Å². The highest BCUT2D eigenvalue weighted by Crippen LogP contribution is 2.53. The van der Waals surface area contributed by atoms with Crippen LogP contribution in [0.2, 0.25) is 10.0 Å². The minimum absolute atomic E-state index is 0.122. The fraction of sp³-hybridized carbons (Fsp3) is 0.852. The van der Waals surface area contributed by atoms with Crippen molar-refractivity contribution in [2.45, 2.75) is 277 Å². The van der Waals surface area contributed by atoms with Gasteiger partial charge in [-0.25, -0.2) is 4.79 Å². The van der Waals surface area contributed by atoms with Gasteiger partial charge in [0.05, 0.1) is 80.4 Å². The van der Waals surface area contributed by atoms with Crippen LogP contribution in [-0.2, 0) is 114 Å². The molecule has 2 spiro atoms. The smallest absolute Gasteiger partial charge is 0.342 e. The van der Waals surface area contributed by atoms with Crippen molar-refractivity contribution in [1.29, 1.82) is 0 Å². The fourth-order valence-corrected chi connectivity index (χ4v) is 15.0. The summed E-state index contributed by atoms with van der Waals surface area (Å²) >= 11 is 12.5. The van der Waals surface area contributed by atoms with E-state index in [9.17, 15) is 50.1 Å². The van der Waals surface area contributed by atoms with Gasteiger partial charge in [-0.1, -0.05) is 37.0 Å². The minimum atomic E-state index is -2.14. The Morgan fingerprint density at radius 1 is 0.656 bits per heavy atom. The molecule has 544 valence electrons. The Hall–Kier alpha value is -3.03. The summed E-state index contributed by atoms with van der Waals surface area (Å²) in [5, 5.41) is 81.4. The highest BCUT2D eigenvalue weighted by molar-refractivity contribution is 6.39. The first-order valence-corrected chi connectivity index (χ1v) is 32.6. The van der Waals surface area contributed by atoms with Crippen LogP contribution < -0.4 is 4.74 Å². The second-order valence-electron chi connectivity index (χ2n) is 26.3. The normalized spacial score (nSPS) is 47.7. The zero-order valence-corrected chi connectivity index (χ0v) is 56.8. The molecule has 0 aliphatic carbocycles. The van der Waals surface area contributed by atoms with Crippen LogP contribution in [0.4, 0.5) is 0 Å². The summed E-state index contributed by atoms with van der Waals surface area (Å²) < 4.78 is 141. The SMILES string of the molecule is COC[C@H]1O[C@@H](O[C@@H]2OC[C@@H]3O[C@]4(O[C@H]3[C@H]2OC(=O)C(C)C)O[C@H](C)[C@@](O)(C(C)=O)[C@@H]2OCO[C@H]24)[C@@H](OC)[C@@H](O)[C@@H]1O[C@@H]1O[C@H](C)[C@H](OC)[C@H](O[C@@H]2O[C@H](C)[C@H]3OC4(C[C@@H](O)[C@H](O[C@H]5C[C@@H](O)[C@H](OC(=O)c6c(C)c(Cl)c(O)c(Cl)c6OC)[C@@H](C)O5)[C@@H](C)O4)O[C@]3(C)[C@@H]2O)[C@H]1O. The molecule has 1 unspecified atom stereocenters. The number of methoxy groups -OCH3 is 4. The molecule has 10 aliphatic heterocycles. The Morgan fingerprint density at radius 2 is 1.33 bits per heavy atom. The minimum Gasteiger partial charge on any atom is -0.505 e. The Morgan fingerprint density at radius 3 is 1.98 bits per heavy atom. The van der Waals surface area contributed by atoms with Crippen molar-refractivity contribution >= 4 is 40.9 Å². The quantitative estimate of drug-likeness (QED) is 0.0953. The number of esters is 2. The molecular weight excluding hydrogens is 1330 g/mol. The van der Waals surface area contributed by atoms with Gasteiger partial charge in [0.25, 0.3) is 5.97 Å². The van der Waals surface area contributed by atoms with E-state index in [1.165, 1.54) is 49.2 Å². The lowest BCUT2D eigenvalue weighted by atomic mass is 9.81. The number of hydrogen-bond acceptors (Lipinski definition) is 33. The number of ketones is 1. The Balaban J connectivity index is 0.732. The van der Waals surface area contributed by atoms with Crippen LogP contribution in [0, 0.1) is 12.8 Å². The molecule has 7 N–H and O–H groups in total. The average Bonchev–Trinajstić information content (AvgIpc) is 1.54. The van der Waals surface area contributed by atoms with Crippen molar-refractivity contribution in [2.75, 3.05) is 48.4 Å². The molecule has 0 radical (unpaired) electrons. The maximum Gasteiger partial charge on any atom is 0.342 e.